The summed E-state index contributed by atoms with van der Waals surface area (Å²) in [5, 5.41) is 10.3. The van der Waals surface area contributed by atoms with Gasteiger partial charge >= 0.3 is 0 Å². The molecule has 146 valence electrons. The van der Waals surface area contributed by atoms with Gasteiger partial charge in [0, 0.05) is 5.57 Å². The van der Waals surface area contributed by atoms with E-state index < -0.39 is 6.29 Å². The molecular formula is C25H28O3. The van der Waals surface area contributed by atoms with Gasteiger partial charge in [0.15, 0.2) is 0 Å². The van der Waals surface area contributed by atoms with Gasteiger partial charge in [-0.3, -0.25) is 0 Å². The molecule has 1 aliphatic heterocycles. The molecule has 0 saturated carbocycles. The molecule has 1 N–H and O–H groups in total. The Morgan fingerprint density at radius 3 is 2.61 bits per heavy atom. The first-order valence-electron chi connectivity index (χ1n) is 10.2. The van der Waals surface area contributed by atoms with E-state index in [0.29, 0.717) is 5.92 Å². The number of benzene rings is 2. The van der Waals surface area contributed by atoms with Crippen LogP contribution >= 0.6 is 0 Å². The lowest BCUT2D eigenvalue weighted by molar-refractivity contribution is -0.0637. The molecule has 0 saturated heterocycles. The number of ether oxygens (including phenoxy) is 2. The zero-order chi connectivity index (χ0) is 19.3. The van der Waals surface area contributed by atoms with Gasteiger partial charge in [0.05, 0.1) is 12.4 Å². The molecule has 1 heterocycles. The van der Waals surface area contributed by atoms with E-state index in [0.717, 1.165) is 30.4 Å². The minimum atomic E-state index is -0.969. The first-order chi connectivity index (χ1) is 13.7. The largest absolute Gasteiger partial charge is 0.469 e. The van der Waals surface area contributed by atoms with Crippen LogP contribution < -0.4 is 0 Å². The van der Waals surface area contributed by atoms with Crippen LogP contribution in [0, 0.1) is 5.92 Å². The predicted molar refractivity (Wildman–Crippen MR) is 111 cm³/mol. The highest BCUT2D eigenvalue weighted by atomic mass is 16.6. The molecule has 2 aliphatic rings. The van der Waals surface area contributed by atoms with Gasteiger partial charge < -0.3 is 14.6 Å². The van der Waals surface area contributed by atoms with Crippen molar-refractivity contribution in [3.05, 3.63) is 95.3 Å². The van der Waals surface area contributed by atoms with Crippen LogP contribution in [0.5, 0.6) is 0 Å². The number of allylic oxidation sites excluding steroid dienone is 2. The zero-order valence-electron chi connectivity index (χ0n) is 16.3. The average molecular weight is 376 g/mol. The van der Waals surface area contributed by atoms with Crippen molar-refractivity contribution in [3.63, 3.8) is 0 Å². The van der Waals surface area contributed by atoms with Gasteiger partial charge in [-0.2, -0.15) is 0 Å². The Balaban J connectivity index is 1.46. The maximum atomic E-state index is 10.3. The van der Waals surface area contributed by atoms with Gasteiger partial charge in [-0.05, 0) is 61.3 Å². The lowest BCUT2D eigenvalue weighted by Gasteiger charge is -2.31. The third kappa shape index (κ3) is 4.37. The fraction of sp³-hybridized carbons (Fsp3) is 0.360. The summed E-state index contributed by atoms with van der Waals surface area (Å²) in [4.78, 5) is 0. The average Bonchev–Trinajstić information content (AvgIpc) is 2.73. The van der Waals surface area contributed by atoms with E-state index in [2.05, 4.69) is 31.2 Å². The van der Waals surface area contributed by atoms with Crippen molar-refractivity contribution in [1.29, 1.82) is 0 Å². The number of hydrogen-bond acceptors (Lipinski definition) is 3. The van der Waals surface area contributed by atoms with Crippen molar-refractivity contribution in [3.8, 4) is 0 Å². The van der Waals surface area contributed by atoms with Gasteiger partial charge in [-0.1, -0.05) is 60.7 Å². The highest BCUT2D eigenvalue weighted by Gasteiger charge is 2.28. The molecule has 28 heavy (non-hydrogen) atoms. The summed E-state index contributed by atoms with van der Waals surface area (Å²) in [5.74, 6) is 0.628. The molecular weight excluding hydrogens is 348 g/mol. The Morgan fingerprint density at radius 2 is 1.82 bits per heavy atom. The van der Waals surface area contributed by atoms with Crippen molar-refractivity contribution in [2.45, 2.75) is 51.1 Å². The van der Waals surface area contributed by atoms with Crippen molar-refractivity contribution >= 4 is 0 Å². The monoisotopic (exact) mass is 376 g/mol. The van der Waals surface area contributed by atoms with E-state index in [4.69, 9.17) is 9.47 Å². The maximum absolute atomic E-state index is 10.3. The Kier molecular flexibility index (Phi) is 5.94. The van der Waals surface area contributed by atoms with Crippen molar-refractivity contribution < 1.29 is 14.6 Å². The van der Waals surface area contributed by atoms with Gasteiger partial charge in [-0.25, -0.2) is 0 Å². The van der Waals surface area contributed by atoms with Crippen LogP contribution in [-0.2, 0) is 22.3 Å². The van der Waals surface area contributed by atoms with Crippen LogP contribution in [0.4, 0.5) is 0 Å². The topological polar surface area (TPSA) is 38.7 Å². The number of aliphatic hydroxyl groups excluding tert-OH is 1. The van der Waals surface area contributed by atoms with Gasteiger partial charge in [0.1, 0.15) is 6.10 Å². The van der Waals surface area contributed by atoms with Crippen LogP contribution in [0.15, 0.2) is 78.6 Å². The molecule has 0 radical (unpaired) electrons. The third-order valence-corrected chi connectivity index (χ3v) is 5.75. The second-order valence-corrected chi connectivity index (χ2v) is 7.83. The number of aliphatic hydroxyl groups is 1. The second kappa shape index (κ2) is 8.76. The summed E-state index contributed by atoms with van der Waals surface area (Å²) >= 11 is 0. The molecule has 4 atom stereocenters. The molecule has 3 nitrogen and oxygen atoms in total. The van der Waals surface area contributed by atoms with E-state index in [1.807, 2.05) is 42.5 Å². The predicted octanol–water partition coefficient (Wildman–Crippen LogP) is 5.12. The fourth-order valence-electron chi connectivity index (χ4n) is 4.36. The second-order valence-electron chi connectivity index (χ2n) is 7.83. The number of fused-ring (bicyclic) bond motifs is 1. The van der Waals surface area contributed by atoms with Gasteiger partial charge in [0.2, 0.25) is 6.29 Å². The smallest absolute Gasteiger partial charge is 0.222 e. The number of aryl methyl sites for hydroxylation is 1. The normalized spacial score (nSPS) is 23.3. The molecule has 2 aromatic carbocycles. The molecule has 0 fully saturated rings. The summed E-state index contributed by atoms with van der Waals surface area (Å²) in [7, 11) is 0. The van der Waals surface area contributed by atoms with E-state index >= 15 is 0 Å². The van der Waals surface area contributed by atoms with Crippen LogP contribution in [-0.4, -0.2) is 17.5 Å². The Morgan fingerprint density at radius 1 is 1.07 bits per heavy atom. The Bertz CT molecular complexity index is 840. The summed E-state index contributed by atoms with van der Waals surface area (Å²) in [6.07, 6.45) is 8.51. The highest BCUT2D eigenvalue weighted by Crippen LogP contribution is 2.34. The molecule has 2 aromatic rings. The molecule has 0 bridgehead atoms. The van der Waals surface area contributed by atoms with E-state index in [1.165, 1.54) is 23.8 Å². The van der Waals surface area contributed by atoms with E-state index in [-0.39, 0.29) is 12.2 Å². The SMILES string of the molecule is CC(CC1CCc2ccccc2C1)OC(C1=CC=COC1O)c1ccccc1. The summed E-state index contributed by atoms with van der Waals surface area (Å²) in [6.45, 7) is 2.14. The number of hydrogen-bond donors (Lipinski definition) is 1. The van der Waals surface area contributed by atoms with Crippen LogP contribution in [0.25, 0.3) is 0 Å². The lowest BCUT2D eigenvalue weighted by Crippen LogP contribution is -2.26. The third-order valence-electron chi connectivity index (χ3n) is 5.75. The molecule has 0 spiro atoms. The quantitative estimate of drug-likeness (QED) is 0.761. The standard InChI is InChI=1S/C25H28O3/c1-18(16-19-13-14-20-8-5-6-11-22(20)17-19)28-24(21-9-3-2-4-10-21)23-12-7-15-27-25(23)26/h2-12,15,18-19,24-26H,13-14,16-17H2,1H3. The highest BCUT2D eigenvalue weighted by molar-refractivity contribution is 5.31. The molecule has 1 aliphatic carbocycles. The van der Waals surface area contributed by atoms with Crippen LogP contribution in [0.1, 0.15) is 42.6 Å². The molecule has 3 heteroatoms. The molecule has 0 amide bonds. The van der Waals surface area contributed by atoms with Crippen molar-refractivity contribution in [2.75, 3.05) is 0 Å². The zero-order valence-corrected chi connectivity index (χ0v) is 16.3. The van der Waals surface area contributed by atoms with E-state index in [9.17, 15) is 5.11 Å². The molecule has 0 aromatic heterocycles. The minimum Gasteiger partial charge on any atom is -0.469 e. The van der Waals surface area contributed by atoms with Crippen molar-refractivity contribution in [1.82, 2.24) is 0 Å². The Hall–Kier alpha value is -2.36. The Labute approximate surface area is 167 Å². The van der Waals surface area contributed by atoms with Crippen LogP contribution in [0.3, 0.4) is 0 Å². The first kappa shape index (κ1) is 19.0. The lowest BCUT2D eigenvalue weighted by atomic mass is 9.81. The first-order valence-corrected chi connectivity index (χ1v) is 10.2. The van der Waals surface area contributed by atoms with Gasteiger partial charge in [0.25, 0.3) is 0 Å². The maximum Gasteiger partial charge on any atom is 0.222 e. The van der Waals surface area contributed by atoms with Gasteiger partial charge in [-0.15, -0.1) is 0 Å². The van der Waals surface area contributed by atoms with E-state index in [1.54, 1.807) is 0 Å². The van der Waals surface area contributed by atoms with Crippen LogP contribution in [0.2, 0.25) is 0 Å². The summed E-state index contributed by atoms with van der Waals surface area (Å²) in [5.41, 5.74) is 4.76. The van der Waals surface area contributed by atoms with Crippen molar-refractivity contribution in [2.24, 2.45) is 5.92 Å². The fourth-order valence-corrected chi connectivity index (χ4v) is 4.36. The number of rotatable bonds is 6. The summed E-state index contributed by atoms with van der Waals surface area (Å²) in [6, 6.07) is 18.9. The minimum absolute atomic E-state index is 0.0828. The molecule has 4 rings (SSSR count). The summed E-state index contributed by atoms with van der Waals surface area (Å²) < 4.78 is 11.8. The molecule has 4 unspecified atom stereocenters.